The highest BCUT2D eigenvalue weighted by atomic mass is 19.4. The fourth-order valence-corrected chi connectivity index (χ4v) is 3.76. The number of aliphatic imine (C=N–C) groups is 1. The Morgan fingerprint density at radius 1 is 1.18 bits per heavy atom. The molecule has 1 amide bonds. The molecule has 22 heavy (non-hydrogen) atoms. The molecule has 1 N–H and O–H groups in total. The summed E-state index contributed by atoms with van der Waals surface area (Å²) in [6.07, 6.45) is -1.52. The van der Waals surface area contributed by atoms with E-state index in [2.05, 4.69) is 15.2 Å². The Kier molecular flexibility index (Phi) is 3.95. The lowest BCUT2D eigenvalue weighted by atomic mass is 9.81. The number of halogens is 3. The van der Waals surface area contributed by atoms with Crippen molar-refractivity contribution in [1.29, 1.82) is 0 Å². The lowest BCUT2D eigenvalue weighted by molar-refractivity contribution is -0.182. The lowest BCUT2D eigenvalue weighted by Crippen LogP contribution is -2.48. The number of rotatable bonds is 1. The van der Waals surface area contributed by atoms with Gasteiger partial charge in [-0.2, -0.15) is 13.2 Å². The van der Waals surface area contributed by atoms with Gasteiger partial charge >= 0.3 is 6.18 Å². The number of hydrogen-bond acceptors (Lipinski definition) is 3. The highest BCUT2D eigenvalue weighted by Crippen LogP contribution is 2.41. The maximum absolute atomic E-state index is 12.7. The van der Waals surface area contributed by atoms with Crippen LogP contribution >= 0.6 is 0 Å². The number of hydrogen-bond donors (Lipinski definition) is 1. The second-order valence-electron chi connectivity index (χ2n) is 6.88. The van der Waals surface area contributed by atoms with E-state index in [1.165, 1.54) is 0 Å². The Labute approximate surface area is 128 Å². The summed E-state index contributed by atoms with van der Waals surface area (Å²) in [5.41, 5.74) is -0.664. The van der Waals surface area contributed by atoms with Gasteiger partial charge in [0.2, 0.25) is 0 Å². The Balaban J connectivity index is 1.66. The predicted molar refractivity (Wildman–Crippen MR) is 76.5 cm³/mol. The summed E-state index contributed by atoms with van der Waals surface area (Å²) in [5, 5.41) is 2.86. The molecule has 0 bridgehead atoms. The van der Waals surface area contributed by atoms with Crippen molar-refractivity contribution in [2.75, 3.05) is 20.1 Å². The Morgan fingerprint density at radius 3 is 2.32 bits per heavy atom. The summed E-state index contributed by atoms with van der Waals surface area (Å²) in [6, 6.07) is 0. The molecule has 0 unspecified atom stereocenters. The predicted octanol–water partition coefficient (Wildman–Crippen LogP) is 2.35. The van der Waals surface area contributed by atoms with Crippen molar-refractivity contribution in [2.45, 2.75) is 50.2 Å². The van der Waals surface area contributed by atoms with Crippen LogP contribution in [0, 0.1) is 11.8 Å². The molecule has 7 heteroatoms. The van der Waals surface area contributed by atoms with Crippen molar-refractivity contribution in [3.63, 3.8) is 0 Å². The van der Waals surface area contributed by atoms with E-state index >= 15 is 0 Å². The van der Waals surface area contributed by atoms with Crippen molar-refractivity contribution in [1.82, 2.24) is 10.2 Å². The lowest BCUT2D eigenvalue weighted by Gasteiger charge is -2.33. The number of amides is 1. The third-order valence-electron chi connectivity index (χ3n) is 5.39. The molecular weight excluding hydrogens is 295 g/mol. The van der Waals surface area contributed by atoms with Crippen LogP contribution in [0.1, 0.15) is 38.5 Å². The van der Waals surface area contributed by atoms with Gasteiger partial charge in [-0.1, -0.05) is 0 Å². The number of nitrogens with zero attached hydrogens (tertiary/aromatic N) is 2. The zero-order valence-electron chi connectivity index (χ0n) is 12.7. The fraction of sp³-hybridized carbons (Fsp3) is 0.867. The SMILES string of the molecule is CN1CCC2(CC1)N=C(C1CCC(C(F)(F)F)CC1)NC2=O. The van der Waals surface area contributed by atoms with E-state index < -0.39 is 17.6 Å². The monoisotopic (exact) mass is 317 g/mol. The van der Waals surface area contributed by atoms with Crippen LogP contribution in [0.4, 0.5) is 13.2 Å². The first kappa shape index (κ1) is 15.8. The molecule has 124 valence electrons. The van der Waals surface area contributed by atoms with Crippen molar-refractivity contribution in [3.8, 4) is 0 Å². The highest BCUT2D eigenvalue weighted by Gasteiger charge is 2.48. The summed E-state index contributed by atoms with van der Waals surface area (Å²) in [6.45, 7) is 1.65. The van der Waals surface area contributed by atoms with Crippen LogP contribution in [0.5, 0.6) is 0 Å². The smallest absolute Gasteiger partial charge is 0.312 e. The molecule has 0 radical (unpaired) electrons. The van der Waals surface area contributed by atoms with Gasteiger partial charge in [0, 0.05) is 19.0 Å². The van der Waals surface area contributed by atoms with Crippen molar-refractivity contribution in [3.05, 3.63) is 0 Å². The van der Waals surface area contributed by atoms with Crippen molar-refractivity contribution in [2.24, 2.45) is 16.8 Å². The van der Waals surface area contributed by atoms with E-state index in [-0.39, 0.29) is 24.7 Å². The average Bonchev–Trinajstić information content (AvgIpc) is 2.79. The van der Waals surface area contributed by atoms with Gasteiger partial charge in [-0.05, 0) is 45.6 Å². The fourth-order valence-electron chi connectivity index (χ4n) is 3.76. The second kappa shape index (κ2) is 5.51. The standard InChI is InChI=1S/C15H22F3N3O/c1-21-8-6-14(7-9-21)13(22)19-12(20-14)10-2-4-11(5-3-10)15(16,17)18/h10-11H,2-9H2,1H3,(H,19,20,22). The minimum absolute atomic E-state index is 0.0263. The van der Waals surface area contributed by atoms with E-state index in [9.17, 15) is 18.0 Å². The van der Waals surface area contributed by atoms with Crippen LogP contribution in [0.2, 0.25) is 0 Å². The topological polar surface area (TPSA) is 44.7 Å². The Bertz CT molecular complexity index is 473. The van der Waals surface area contributed by atoms with E-state index in [0.29, 0.717) is 31.5 Å². The van der Waals surface area contributed by atoms with Gasteiger partial charge in [-0.15, -0.1) is 0 Å². The van der Waals surface area contributed by atoms with Gasteiger partial charge in [-0.25, -0.2) is 0 Å². The molecular formula is C15H22F3N3O. The molecule has 2 fully saturated rings. The van der Waals surface area contributed by atoms with Crippen molar-refractivity contribution >= 4 is 11.7 Å². The molecule has 2 heterocycles. The van der Waals surface area contributed by atoms with Crippen LogP contribution in [-0.2, 0) is 4.79 Å². The molecule has 4 nitrogen and oxygen atoms in total. The minimum Gasteiger partial charge on any atom is -0.312 e. The number of likely N-dealkylation sites (tertiary alicyclic amines) is 1. The molecule has 1 saturated heterocycles. The van der Waals surface area contributed by atoms with Gasteiger partial charge < -0.3 is 10.2 Å². The molecule has 1 spiro atoms. The first-order valence-electron chi connectivity index (χ1n) is 7.97. The van der Waals surface area contributed by atoms with Gasteiger partial charge in [0.15, 0.2) is 0 Å². The summed E-state index contributed by atoms with van der Waals surface area (Å²) in [7, 11) is 2.02. The van der Waals surface area contributed by atoms with E-state index in [0.717, 1.165) is 13.1 Å². The van der Waals surface area contributed by atoms with Crippen LogP contribution in [0.15, 0.2) is 4.99 Å². The van der Waals surface area contributed by atoms with Crippen LogP contribution in [0.25, 0.3) is 0 Å². The first-order chi connectivity index (χ1) is 10.3. The molecule has 0 atom stereocenters. The second-order valence-corrected chi connectivity index (χ2v) is 6.88. The van der Waals surface area contributed by atoms with Gasteiger partial charge in [0.05, 0.1) is 5.92 Å². The Morgan fingerprint density at radius 2 is 1.77 bits per heavy atom. The van der Waals surface area contributed by atoms with E-state index in [4.69, 9.17) is 0 Å². The molecule has 3 rings (SSSR count). The molecule has 1 aliphatic carbocycles. The summed E-state index contributed by atoms with van der Waals surface area (Å²) < 4.78 is 38.2. The summed E-state index contributed by atoms with van der Waals surface area (Å²) in [5.74, 6) is -0.649. The van der Waals surface area contributed by atoms with Crippen LogP contribution in [-0.4, -0.2) is 48.5 Å². The molecule has 0 aromatic carbocycles. The molecule has 0 aromatic heterocycles. The van der Waals surface area contributed by atoms with Gasteiger partial charge in [-0.3, -0.25) is 9.79 Å². The zero-order valence-corrected chi connectivity index (χ0v) is 12.7. The maximum Gasteiger partial charge on any atom is 0.391 e. The number of amidine groups is 1. The highest BCUT2D eigenvalue weighted by molar-refractivity contribution is 6.09. The van der Waals surface area contributed by atoms with E-state index in [1.54, 1.807) is 0 Å². The number of alkyl halides is 3. The van der Waals surface area contributed by atoms with Crippen LogP contribution < -0.4 is 5.32 Å². The quantitative estimate of drug-likeness (QED) is 0.807. The van der Waals surface area contributed by atoms with Crippen molar-refractivity contribution < 1.29 is 18.0 Å². The van der Waals surface area contributed by atoms with Crippen LogP contribution in [0.3, 0.4) is 0 Å². The molecule has 1 saturated carbocycles. The Hall–Kier alpha value is -1.11. The number of carbonyl (C=O) groups excluding carboxylic acids is 1. The largest absolute Gasteiger partial charge is 0.391 e. The van der Waals surface area contributed by atoms with Gasteiger partial charge in [0.1, 0.15) is 11.4 Å². The average molecular weight is 317 g/mol. The minimum atomic E-state index is -4.10. The number of piperidine rings is 1. The third kappa shape index (κ3) is 2.87. The third-order valence-corrected chi connectivity index (χ3v) is 5.39. The number of carbonyl (C=O) groups is 1. The summed E-state index contributed by atoms with van der Waals surface area (Å²) in [4.78, 5) is 19.1. The molecule has 3 aliphatic rings. The maximum atomic E-state index is 12.7. The summed E-state index contributed by atoms with van der Waals surface area (Å²) >= 11 is 0. The molecule has 0 aromatic rings. The first-order valence-corrected chi connectivity index (χ1v) is 7.97. The van der Waals surface area contributed by atoms with E-state index in [1.807, 2.05) is 7.05 Å². The zero-order chi connectivity index (χ0) is 16.0. The molecule has 2 aliphatic heterocycles. The van der Waals surface area contributed by atoms with Gasteiger partial charge in [0.25, 0.3) is 5.91 Å². The normalized spacial score (nSPS) is 32.9. The number of nitrogens with one attached hydrogen (secondary N) is 1.